The van der Waals surface area contributed by atoms with E-state index in [0.717, 1.165) is 16.8 Å². The van der Waals surface area contributed by atoms with Crippen LogP contribution >= 0.6 is 12.6 Å². The third-order valence-corrected chi connectivity index (χ3v) is 1.84. The minimum absolute atomic E-state index is 0.578. The van der Waals surface area contributed by atoms with E-state index >= 15 is 0 Å². The van der Waals surface area contributed by atoms with Crippen LogP contribution in [0.1, 0.15) is 11.1 Å². The molecule has 0 aliphatic rings. The molecule has 0 saturated heterocycles. The highest BCUT2D eigenvalue weighted by molar-refractivity contribution is 7.80. The van der Waals surface area contributed by atoms with E-state index in [1.54, 1.807) is 0 Å². The Balaban J connectivity index is 3.08. The highest BCUT2D eigenvalue weighted by atomic mass is 32.1. The van der Waals surface area contributed by atoms with Crippen LogP contribution in [0.25, 0.3) is 0 Å². The van der Waals surface area contributed by atoms with Crippen LogP contribution in [-0.2, 0) is 0 Å². The van der Waals surface area contributed by atoms with Crippen LogP contribution in [-0.4, -0.2) is 5.75 Å². The smallest absolute Gasteiger partial charge is 0.0521 e. The lowest BCUT2D eigenvalue weighted by Gasteiger charge is -2.00. The number of nitrogens with two attached hydrogens (primary N) is 1. The third-order valence-electron chi connectivity index (χ3n) is 1.68. The first-order valence-electron chi connectivity index (χ1n) is 3.70. The first-order valence-corrected chi connectivity index (χ1v) is 4.33. The van der Waals surface area contributed by atoms with E-state index in [4.69, 9.17) is 5.73 Å². The summed E-state index contributed by atoms with van der Waals surface area (Å²) in [5, 5.41) is 0. The summed E-state index contributed by atoms with van der Waals surface area (Å²) < 4.78 is 0. The van der Waals surface area contributed by atoms with Gasteiger partial charge in [-0.3, -0.25) is 0 Å². The molecule has 0 fully saturated rings. The summed E-state index contributed by atoms with van der Waals surface area (Å²) in [7, 11) is 0. The number of hydrogen-bond donors (Lipinski definition) is 2. The maximum absolute atomic E-state index is 5.71. The standard InChI is InChI=1S/C10H11NS/c1-8-9(5-3-7-12)4-2-6-10(8)11/h2,4,6,12H,7,11H2,1H3. The second-order valence-corrected chi connectivity index (χ2v) is 2.80. The molecule has 2 N–H and O–H groups in total. The predicted molar refractivity (Wildman–Crippen MR) is 56.3 cm³/mol. The molecule has 0 unspecified atom stereocenters. The monoisotopic (exact) mass is 177 g/mol. The third kappa shape index (κ3) is 1.96. The Morgan fingerprint density at radius 2 is 2.25 bits per heavy atom. The van der Waals surface area contributed by atoms with Crippen LogP contribution in [0, 0.1) is 18.8 Å². The quantitative estimate of drug-likeness (QED) is 0.353. The van der Waals surface area contributed by atoms with Crippen molar-refractivity contribution in [2.75, 3.05) is 11.5 Å². The summed E-state index contributed by atoms with van der Waals surface area (Å²) >= 11 is 4.01. The average molecular weight is 177 g/mol. The molecule has 62 valence electrons. The molecule has 1 aromatic rings. The molecule has 0 atom stereocenters. The summed E-state index contributed by atoms with van der Waals surface area (Å²) in [5.74, 6) is 6.47. The molecule has 0 radical (unpaired) electrons. The molecule has 0 heterocycles. The maximum Gasteiger partial charge on any atom is 0.0521 e. The maximum atomic E-state index is 5.71. The van der Waals surface area contributed by atoms with Gasteiger partial charge in [0.2, 0.25) is 0 Å². The molecule has 1 nitrogen and oxygen atoms in total. The highest BCUT2D eigenvalue weighted by Crippen LogP contribution is 2.13. The Hall–Kier alpha value is -1.07. The number of nitrogen functional groups attached to an aromatic ring is 1. The van der Waals surface area contributed by atoms with Gasteiger partial charge in [0, 0.05) is 11.3 Å². The van der Waals surface area contributed by atoms with Crippen molar-refractivity contribution in [2.24, 2.45) is 0 Å². The molecule has 2 heteroatoms. The number of hydrogen-bond acceptors (Lipinski definition) is 2. The van der Waals surface area contributed by atoms with Gasteiger partial charge in [-0.15, -0.1) is 0 Å². The molecule has 12 heavy (non-hydrogen) atoms. The van der Waals surface area contributed by atoms with Crippen LogP contribution in [0.3, 0.4) is 0 Å². The minimum atomic E-state index is 0.578. The fourth-order valence-corrected chi connectivity index (χ4v) is 1.00. The van der Waals surface area contributed by atoms with Crippen molar-refractivity contribution in [1.29, 1.82) is 0 Å². The molecule has 1 aromatic carbocycles. The van der Waals surface area contributed by atoms with Gasteiger partial charge in [0.05, 0.1) is 5.75 Å². The van der Waals surface area contributed by atoms with E-state index in [1.165, 1.54) is 0 Å². The largest absolute Gasteiger partial charge is 0.398 e. The van der Waals surface area contributed by atoms with Crippen molar-refractivity contribution in [3.8, 4) is 11.8 Å². The van der Waals surface area contributed by atoms with Gasteiger partial charge in [0.15, 0.2) is 0 Å². The van der Waals surface area contributed by atoms with Gasteiger partial charge < -0.3 is 5.73 Å². The summed E-state index contributed by atoms with van der Waals surface area (Å²) in [5.41, 5.74) is 8.54. The summed E-state index contributed by atoms with van der Waals surface area (Å²) in [6.07, 6.45) is 0. The first kappa shape index (κ1) is 9.02. The van der Waals surface area contributed by atoms with Crippen molar-refractivity contribution in [1.82, 2.24) is 0 Å². The number of thiol groups is 1. The van der Waals surface area contributed by atoms with Crippen LogP contribution in [0.4, 0.5) is 5.69 Å². The fourth-order valence-electron chi connectivity index (χ4n) is 0.924. The second kappa shape index (κ2) is 4.08. The topological polar surface area (TPSA) is 26.0 Å². The van der Waals surface area contributed by atoms with E-state index < -0.39 is 0 Å². The number of benzene rings is 1. The SMILES string of the molecule is Cc1c(N)cccc1C#CCS. The summed E-state index contributed by atoms with van der Waals surface area (Å²) in [4.78, 5) is 0. The van der Waals surface area contributed by atoms with E-state index in [9.17, 15) is 0 Å². The van der Waals surface area contributed by atoms with Crippen molar-refractivity contribution in [2.45, 2.75) is 6.92 Å². The van der Waals surface area contributed by atoms with Gasteiger partial charge in [-0.2, -0.15) is 12.6 Å². The average Bonchev–Trinajstić information content (AvgIpc) is 2.08. The molecular weight excluding hydrogens is 166 g/mol. The van der Waals surface area contributed by atoms with E-state index in [-0.39, 0.29) is 0 Å². The Labute approximate surface area is 78.4 Å². The van der Waals surface area contributed by atoms with Gasteiger partial charge in [0.1, 0.15) is 0 Å². The molecule has 0 spiro atoms. The zero-order valence-electron chi connectivity index (χ0n) is 6.96. The lowest BCUT2D eigenvalue weighted by molar-refractivity contribution is 1.44. The molecule has 0 aromatic heterocycles. The Morgan fingerprint density at radius 3 is 2.92 bits per heavy atom. The van der Waals surface area contributed by atoms with Crippen molar-refractivity contribution < 1.29 is 0 Å². The molecule has 0 aliphatic heterocycles. The Kier molecular flexibility index (Phi) is 3.07. The van der Waals surface area contributed by atoms with E-state index in [2.05, 4.69) is 24.5 Å². The van der Waals surface area contributed by atoms with Gasteiger partial charge in [-0.25, -0.2) is 0 Å². The van der Waals surface area contributed by atoms with Gasteiger partial charge in [-0.1, -0.05) is 17.9 Å². The van der Waals surface area contributed by atoms with Gasteiger partial charge in [-0.05, 0) is 24.6 Å². The van der Waals surface area contributed by atoms with E-state index in [1.807, 2.05) is 25.1 Å². The molecule has 0 amide bonds. The summed E-state index contributed by atoms with van der Waals surface area (Å²) in [6, 6.07) is 5.74. The van der Waals surface area contributed by atoms with Crippen molar-refractivity contribution >= 4 is 18.3 Å². The Morgan fingerprint density at radius 1 is 1.50 bits per heavy atom. The predicted octanol–water partition coefficient (Wildman–Crippen LogP) is 1.86. The van der Waals surface area contributed by atoms with Gasteiger partial charge >= 0.3 is 0 Å². The molecule has 1 rings (SSSR count). The number of rotatable bonds is 0. The van der Waals surface area contributed by atoms with Crippen LogP contribution in [0.15, 0.2) is 18.2 Å². The fraction of sp³-hybridized carbons (Fsp3) is 0.200. The van der Waals surface area contributed by atoms with Crippen LogP contribution in [0.2, 0.25) is 0 Å². The minimum Gasteiger partial charge on any atom is -0.398 e. The zero-order chi connectivity index (χ0) is 8.97. The Bertz CT molecular complexity index is 333. The lowest BCUT2D eigenvalue weighted by atomic mass is 10.1. The number of anilines is 1. The van der Waals surface area contributed by atoms with Crippen LogP contribution in [0.5, 0.6) is 0 Å². The molecule has 0 bridgehead atoms. The second-order valence-electron chi connectivity index (χ2n) is 2.48. The lowest BCUT2D eigenvalue weighted by Crippen LogP contribution is -1.91. The molecular formula is C10H11NS. The molecule has 0 saturated carbocycles. The van der Waals surface area contributed by atoms with Crippen LogP contribution < -0.4 is 5.73 Å². The van der Waals surface area contributed by atoms with Crippen molar-refractivity contribution in [3.05, 3.63) is 29.3 Å². The van der Waals surface area contributed by atoms with Gasteiger partial charge in [0.25, 0.3) is 0 Å². The first-order chi connectivity index (χ1) is 5.75. The van der Waals surface area contributed by atoms with E-state index in [0.29, 0.717) is 5.75 Å². The van der Waals surface area contributed by atoms with Crippen molar-refractivity contribution in [3.63, 3.8) is 0 Å². The normalized spacial score (nSPS) is 8.83. The summed E-state index contributed by atoms with van der Waals surface area (Å²) in [6.45, 7) is 1.97. The zero-order valence-corrected chi connectivity index (χ0v) is 7.86. The highest BCUT2D eigenvalue weighted by Gasteiger charge is 1.96. The molecule has 0 aliphatic carbocycles.